The lowest BCUT2D eigenvalue weighted by atomic mass is 10.2. The summed E-state index contributed by atoms with van der Waals surface area (Å²) in [5.74, 6) is 0.258. The van der Waals surface area contributed by atoms with E-state index in [1.807, 2.05) is 17.9 Å². The largest absolute Gasteiger partial charge is 0.463 e. The molecule has 0 aliphatic carbocycles. The molecule has 7 nitrogen and oxygen atoms in total. The molecule has 0 aromatic carbocycles. The van der Waals surface area contributed by atoms with Crippen LogP contribution in [0, 0.1) is 6.92 Å². The number of primary amides is 1. The number of aryl methyl sites for hydroxylation is 1. The van der Waals surface area contributed by atoms with Gasteiger partial charge in [0.2, 0.25) is 11.7 Å². The number of esters is 1. The van der Waals surface area contributed by atoms with Crippen LogP contribution in [0.1, 0.15) is 21.9 Å². The smallest absolute Gasteiger partial charge is 0.374 e. The molecule has 21 heavy (non-hydrogen) atoms. The van der Waals surface area contributed by atoms with E-state index in [2.05, 4.69) is 9.64 Å². The number of carbonyl (C=O) groups excluding carboxylic acids is 2. The lowest BCUT2D eigenvalue weighted by Gasteiger charge is -2.33. The zero-order valence-corrected chi connectivity index (χ0v) is 12.4. The van der Waals surface area contributed by atoms with E-state index in [1.54, 1.807) is 0 Å². The molecule has 2 N–H and O–H groups in total. The maximum atomic E-state index is 11.5. The summed E-state index contributed by atoms with van der Waals surface area (Å²) in [7, 11) is 1.34. The summed E-state index contributed by atoms with van der Waals surface area (Å²) in [6, 6.07) is 1.86. The topological polar surface area (TPSA) is 89.0 Å². The highest BCUT2D eigenvalue weighted by molar-refractivity contribution is 5.87. The average molecular weight is 295 g/mol. The van der Waals surface area contributed by atoms with Crippen LogP contribution in [-0.4, -0.2) is 61.5 Å². The highest BCUT2D eigenvalue weighted by atomic mass is 16.5. The number of nitrogens with zero attached hydrogens (tertiary/aromatic N) is 2. The second-order valence-electron chi connectivity index (χ2n) is 5.24. The Labute approximate surface area is 123 Å². The number of amides is 1. The Kier molecular flexibility index (Phi) is 4.98. The third kappa shape index (κ3) is 4.05. The van der Waals surface area contributed by atoms with Crippen LogP contribution < -0.4 is 5.73 Å². The number of furan rings is 1. The van der Waals surface area contributed by atoms with E-state index in [-0.39, 0.29) is 11.7 Å². The van der Waals surface area contributed by atoms with Crippen molar-refractivity contribution in [2.45, 2.75) is 13.5 Å². The van der Waals surface area contributed by atoms with Crippen molar-refractivity contribution in [2.75, 3.05) is 39.8 Å². The minimum atomic E-state index is -0.454. The SMILES string of the molecule is COC(=O)c1oc(CN2CCN(CC(N)=O)CC2)cc1C. The molecule has 1 amide bonds. The summed E-state index contributed by atoms with van der Waals surface area (Å²) < 4.78 is 10.2. The molecule has 1 fully saturated rings. The molecule has 2 rings (SSSR count). The fourth-order valence-corrected chi connectivity index (χ4v) is 2.47. The van der Waals surface area contributed by atoms with Crippen LogP contribution in [0.25, 0.3) is 0 Å². The van der Waals surface area contributed by atoms with Crippen LogP contribution in [0.3, 0.4) is 0 Å². The minimum absolute atomic E-state index is 0.264. The zero-order chi connectivity index (χ0) is 15.4. The van der Waals surface area contributed by atoms with Crippen molar-refractivity contribution in [3.8, 4) is 0 Å². The molecule has 0 unspecified atom stereocenters. The van der Waals surface area contributed by atoms with Gasteiger partial charge in [0, 0.05) is 31.7 Å². The molecule has 1 aromatic heterocycles. The second-order valence-corrected chi connectivity index (χ2v) is 5.24. The van der Waals surface area contributed by atoms with Crippen molar-refractivity contribution in [1.29, 1.82) is 0 Å². The van der Waals surface area contributed by atoms with Gasteiger partial charge in [0.25, 0.3) is 0 Å². The Balaban J connectivity index is 1.89. The molecule has 0 atom stereocenters. The average Bonchev–Trinajstić information content (AvgIpc) is 2.80. The van der Waals surface area contributed by atoms with Gasteiger partial charge in [-0.25, -0.2) is 4.79 Å². The second kappa shape index (κ2) is 6.73. The van der Waals surface area contributed by atoms with E-state index < -0.39 is 5.97 Å². The standard InChI is InChI=1S/C14H21N3O4/c1-10-7-11(21-13(10)14(19)20-2)8-16-3-5-17(6-4-16)9-12(15)18/h7H,3-6,8-9H2,1-2H3,(H2,15,18). The summed E-state index contributed by atoms with van der Waals surface area (Å²) in [6.45, 7) is 6.03. The van der Waals surface area contributed by atoms with Crippen molar-refractivity contribution in [3.05, 3.63) is 23.2 Å². The summed E-state index contributed by atoms with van der Waals surface area (Å²) in [4.78, 5) is 26.6. The van der Waals surface area contributed by atoms with Crippen molar-refractivity contribution in [3.63, 3.8) is 0 Å². The molecule has 0 saturated carbocycles. The van der Waals surface area contributed by atoms with Gasteiger partial charge in [0.15, 0.2) is 0 Å². The maximum absolute atomic E-state index is 11.5. The van der Waals surface area contributed by atoms with Crippen LogP contribution in [0.4, 0.5) is 0 Å². The molecule has 7 heteroatoms. The quantitative estimate of drug-likeness (QED) is 0.768. The Hall–Kier alpha value is -1.86. The van der Waals surface area contributed by atoms with Crippen LogP contribution in [0.15, 0.2) is 10.5 Å². The van der Waals surface area contributed by atoms with Gasteiger partial charge in [-0.15, -0.1) is 0 Å². The molecule has 2 heterocycles. The number of methoxy groups -OCH3 is 1. The summed E-state index contributed by atoms with van der Waals surface area (Å²) in [5, 5.41) is 0. The minimum Gasteiger partial charge on any atom is -0.463 e. The molecule has 0 radical (unpaired) electrons. The van der Waals surface area contributed by atoms with Gasteiger partial charge in [-0.3, -0.25) is 14.6 Å². The van der Waals surface area contributed by atoms with Crippen LogP contribution in [0.2, 0.25) is 0 Å². The normalized spacial score (nSPS) is 16.9. The lowest BCUT2D eigenvalue weighted by molar-refractivity contribution is -0.119. The fourth-order valence-electron chi connectivity index (χ4n) is 2.47. The van der Waals surface area contributed by atoms with Gasteiger partial charge in [0.05, 0.1) is 20.2 Å². The number of ether oxygens (including phenoxy) is 1. The maximum Gasteiger partial charge on any atom is 0.374 e. The Bertz CT molecular complexity index is 518. The number of rotatable bonds is 5. The number of piperazine rings is 1. The fraction of sp³-hybridized carbons (Fsp3) is 0.571. The van der Waals surface area contributed by atoms with Crippen LogP contribution in [0.5, 0.6) is 0 Å². The molecular formula is C14H21N3O4. The number of hydrogen-bond acceptors (Lipinski definition) is 6. The van der Waals surface area contributed by atoms with E-state index in [9.17, 15) is 9.59 Å². The van der Waals surface area contributed by atoms with E-state index in [4.69, 9.17) is 10.2 Å². The third-order valence-electron chi connectivity index (χ3n) is 3.56. The lowest BCUT2D eigenvalue weighted by Crippen LogP contribution is -2.48. The molecule has 1 aromatic rings. The van der Waals surface area contributed by atoms with Crippen molar-refractivity contribution < 1.29 is 18.7 Å². The number of hydrogen-bond donors (Lipinski definition) is 1. The molecule has 0 bridgehead atoms. The van der Waals surface area contributed by atoms with Crippen LogP contribution >= 0.6 is 0 Å². The summed E-state index contributed by atoms with van der Waals surface area (Å²) in [5.41, 5.74) is 5.97. The van der Waals surface area contributed by atoms with Crippen LogP contribution in [-0.2, 0) is 16.1 Å². The predicted octanol–water partition coefficient (Wildman–Crippen LogP) is -0.0225. The van der Waals surface area contributed by atoms with E-state index >= 15 is 0 Å². The molecule has 0 spiro atoms. The zero-order valence-electron chi connectivity index (χ0n) is 12.4. The first kappa shape index (κ1) is 15.5. The van der Waals surface area contributed by atoms with E-state index in [1.165, 1.54) is 7.11 Å². The van der Waals surface area contributed by atoms with Gasteiger partial charge in [0.1, 0.15) is 5.76 Å². The van der Waals surface area contributed by atoms with E-state index in [0.717, 1.165) is 37.5 Å². The van der Waals surface area contributed by atoms with Crippen molar-refractivity contribution in [2.24, 2.45) is 5.73 Å². The molecule has 1 saturated heterocycles. The molecule has 1 aliphatic heterocycles. The van der Waals surface area contributed by atoms with E-state index in [0.29, 0.717) is 13.1 Å². The Morgan fingerprint density at radius 3 is 2.48 bits per heavy atom. The summed E-state index contributed by atoms with van der Waals surface area (Å²) >= 11 is 0. The van der Waals surface area contributed by atoms with Gasteiger partial charge >= 0.3 is 5.97 Å². The van der Waals surface area contributed by atoms with Gasteiger partial charge in [-0.05, 0) is 13.0 Å². The van der Waals surface area contributed by atoms with Gasteiger partial charge in [-0.2, -0.15) is 0 Å². The number of nitrogens with two attached hydrogens (primary N) is 1. The van der Waals surface area contributed by atoms with Crippen molar-refractivity contribution >= 4 is 11.9 Å². The Morgan fingerprint density at radius 2 is 1.90 bits per heavy atom. The first-order valence-electron chi connectivity index (χ1n) is 6.90. The molecule has 1 aliphatic rings. The predicted molar refractivity (Wildman–Crippen MR) is 75.7 cm³/mol. The molecular weight excluding hydrogens is 274 g/mol. The highest BCUT2D eigenvalue weighted by Crippen LogP contribution is 2.18. The highest BCUT2D eigenvalue weighted by Gasteiger charge is 2.21. The van der Waals surface area contributed by atoms with Gasteiger partial charge in [-0.1, -0.05) is 0 Å². The first-order chi connectivity index (χ1) is 9.99. The van der Waals surface area contributed by atoms with Gasteiger partial charge < -0.3 is 14.9 Å². The van der Waals surface area contributed by atoms with Crippen molar-refractivity contribution in [1.82, 2.24) is 9.80 Å². The Morgan fingerprint density at radius 1 is 1.29 bits per heavy atom. The number of carbonyl (C=O) groups is 2. The monoisotopic (exact) mass is 295 g/mol. The third-order valence-corrected chi connectivity index (χ3v) is 3.56. The summed E-state index contributed by atoms with van der Waals surface area (Å²) in [6.07, 6.45) is 0. The molecule has 116 valence electrons. The first-order valence-corrected chi connectivity index (χ1v) is 6.90.